The molecule has 0 amide bonds. The minimum absolute atomic E-state index is 0.00792. The predicted molar refractivity (Wildman–Crippen MR) is 116 cm³/mol. The van der Waals surface area contributed by atoms with Gasteiger partial charge in [0.1, 0.15) is 17.5 Å². The molecule has 32 heavy (non-hydrogen) atoms. The van der Waals surface area contributed by atoms with Crippen LogP contribution < -0.4 is 10.1 Å². The zero-order valence-electron chi connectivity index (χ0n) is 18.2. The molecule has 0 bridgehead atoms. The Hall–Kier alpha value is -4.01. The molecule has 9 heteroatoms. The van der Waals surface area contributed by atoms with E-state index in [4.69, 9.17) is 9.47 Å². The van der Waals surface area contributed by atoms with Crippen molar-refractivity contribution in [2.75, 3.05) is 19.5 Å². The first kappa shape index (κ1) is 21.2. The minimum atomic E-state index is -0.717. The Bertz CT molecular complexity index is 1180. The van der Waals surface area contributed by atoms with Crippen LogP contribution in [0, 0.1) is 0 Å². The second kappa shape index (κ2) is 8.62. The van der Waals surface area contributed by atoms with Crippen LogP contribution in [0.3, 0.4) is 0 Å². The molecule has 0 unspecified atom stereocenters. The van der Waals surface area contributed by atoms with Gasteiger partial charge in [-0.25, -0.2) is 4.79 Å². The molecular formula is C23H23N5O4. The number of anilines is 1. The first-order valence-corrected chi connectivity index (χ1v) is 10.1. The normalized spacial score (nSPS) is 15.2. The van der Waals surface area contributed by atoms with Gasteiger partial charge < -0.3 is 14.8 Å². The number of hydrogen-bond donors (Lipinski definition) is 1. The molecule has 2 heterocycles. The van der Waals surface area contributed by atoms with Crippen molar-refractivity contribution < 1.29 is 19.1 Å². The number of rotatable bonds is 6. The summed E-state index contributed by atoms with van der Waals surface area (Å²) in [7, 11) is 2.81. The summed E-state index contributed by atoms with van der Waals surface area (Å²) in [5, 5.41) is 14.6. The number of Topliss-reactive ketones (excluding diaryl/α,β-unsaturated/α-hetero) is 1. The van der Waals surface area contributed by atoms with Crippen LogP contribution in [0.5, 0.6) is 5.75 Å². The number of allylic oxidation sites excluding steroid dienone is 1. The number of ether oxygens (including phenoxy) is 2. The fourth-order valence-electron chi connectivity index (χ4n) is 3.66. The average molecular weight is 433 g/mol. The molecule has 4 rings (SSSR count). The maximum atomic E-state index is 13.7. The number of tetrazole rings is 1. The van der Waals surface area contributed by atoms with Crippen molar-refractivity contribution >= 4 is 17.7 Å². The molecule has 1 atom stereocenters. The van der Waals surface area contributed by atoms with Gasteiger partial charge >= 0.3 is 5.97 Å². The third-order valence-corrected chi connectivity index (χ3v) is 5.42. The lowest BCUT2D eigenvalue weighted by molar-refractivity contribution is -0.136. The second-order valence-electron chi connectivity index (χ2n) is 7.63. The van der Waals surface area contributed by atoms with Crippen LogP contribution in [0.1, 0.15) is 47.3 Å². The zero-order valence-corrected chi connectivity index (χ0v) is 18.2. The highest BCUT2D eigenvalue weighted by atomic mass is 16.5. The third kappa shape index (κ3) is 3.73. The Morgan fingerprint density at radius 3 is 2.31 bits per heavy atom. The van der Waals surface area contributed by atoms with E-state index in [9.17, 15) is 9.59 Å². The molecular weight excluding hydrogens is 410 g/mol. The standard InChI is InChI=1S/C23H23N5O4/c1-13(2)14-5-7-15(8-6-14)20-18(21(29)16-9-11-17(31-3)12-10-16)19(22(30)32-4)24-23-25-26-27-28(20)23/h5-13,20H,1-4H3,(H,24,25,27)/t20-/m0/s1. The van der Waals surface area contributed by atoms with E-state index in [0.717, 1.165) is 11.1 Å². The van der Waals surface area contributed by atoms with Gasteiger partial charge in [-0.05, 0) is 51.7 Å². The third-order valence-electron chi connectivity index (χ3n) is 5.42. The molecule has 1 aliphatic rings. The van der Waals surface area contributed by atoms with Gasteiger partial charge in [0.05, 0.1) is 19.8 Å². The van der Waals surface area contributed by atoms with Gasteiger partial charge in [0.15, 0.2) is 5.78 Å². The molecule has 0 saturated heterocycles. The quantitative estimate of drug-likeness (QED) is 0.467. The SMILES string of the molecule is COC(=O)C1=C(C(=O)c2ccc(OC)cc2)[C@H](c2ccc(C(C)C)cc2)n2nnnc2N1. The summed E-state index contributed by atoms with van der Waals surface area (Å²) in [5.41, 5.74) is 2.51. The monoisotopic (exact) mass is 433 g/mol. The van der Waals surface area contributed by atoms with Crippen molar-refractivity contribution in [1.29, 1.82) is 0 Å². The number of nitrogens with one attached hydrogen (secondary N) is 1. The van der Waals surface area contributed by atoms with E-state index in [1.807, 2.05) is 24.3 Å². The smallest absolute Gasteiger partial charge is 0.355 e. The van der Waals surface area contributed by atoms with Gasteiger partial charge in [-0.15, -0.1) is 0 Å². The fraction of sp³-hybridized carbons (Fsp3) is 0.261. The molecule has 2 aromatic carbocycles. The number of carbonyl (C=O) groups excluding carboxylic acids is 2. The summed E-state index contributed by atoms with van der Waals surface area (Å²) in [6.07, 6.45) is 0. The summed E-state index contributed by atoms with van der Waals surface area (Å²) in [4.78, 5) is 26.4. The Morgan fingerprint density at radius 2 is 1.72 bits per heavy atom. The summed E-state index contributed by atoms with van der Waals surface area (Å²) in [6.45, 7) is 4.21. The summed E-state index contributed by atoms with van der Waals surface area (Å²) >= 11 is 0. The van der Waals surface area contributed by atoms with Crippen molar-refractivity contribution in [3.05, 3.63) is 76.5 Å². The topological polar surface area (TPSA) is 108 Å². The van der Waals surface area contributed by atoms with Crippen molar-refractivity contribution in [3.8, 4) is 5.75 Å². The molecule has 0 aliphatic carbocycles. The van der Waals surface area contributed by atoms with Crippen molar-refractivity contribution in [3.63, 3.8) is 0 Å². The van der Waals surface area contributed by atoms with Gasteiger partial charge in [0, 0.05) is 5.56 Å². The van der Waals surface area contributed by atoms with Crippen molar-refractivity contribution in [2.45, 2.75) is 25.8 Å². The molecule has 1 aromatic heterocycles. The summed E-state index contributed by atoms with van der Waals surface area (Å²) in [6, 6.07) is 13.8. The predicted octanol–water partition coefficient (Wildman–Crippen LogP) is 3.13. The second-order valence-corrected chi connectivity index (χ2v) is 7.63. The Morgan fingerprint density at radius 1 is 1.03 bits per heavy atom. The van der Waals surface area contributed by atoms with Crippen molar-refractivity contribution in [1.82, 2.24) is 20.2 Å². The van der Waals surface area contributed by atoms with E-state index in [2.05, 4.69) is 34.7 Å². The van der Waals surface area contributed by atoms with Crippen LogP contribution in [0.25, 0.3) is 0 Å². The van der Waals surface area contributed by atoms with Crippen LogP contribution in [0.4, 0.5) is 5.95 Å². The molecule has 9 nitrogen and oxygen atoms in total. The Kier molecular flexibility index (Phi) is 5.72. The first-order valence-electron chi connectivity index (χ1n) is 10.1. The molecule has 164 valence electrons. The summed E-state index contributed by atoms with van der Waals surface area (Å²) < 4.78 is 11.6. The fourth-order valence-corrected chi connectivity index (χ4v) is 3.66. The van der Waals surface area contributed by atoms with Crippen molar-refractivity contribution in [2.24, 2.45) is 0 Å². The Balaban J connectivity index is 1.89. The van der Waals surface area contributed by atoms with Crippen LogP contribution in [-0.2, 0) is 9.53 Å². The Labute approximate surface area is 185 Å². The highest BCUT2D eigenvalue weighted by molar-refractivity contribution is 6.14. The lowest BCUT2D eigenvalue weighted by atomic mass is 9.88. The number of ketones is 1. The lowest BCUT2D eigenvalue weighted by Crippen LogP contribution is -2.33. The average Bonchev–Trinajstić information content (AvgIpc) is 3.30. The van der Waals surface area contributed by atoms with Gasteiger partial charge in [0.2, 0.25) is 5.95 Å². The van der Waals surface area contributed by atoms with Gasteiger partial charge in [-0.2, -0.15) is 4.68 Å². The number of benzene rings is 2. The largest absolute Gasteiger partial charge is 0.497 e. The number of methoxy groups -OCH3 is 2. The molecule has 0 radical (unpaired) electrons. The molecule has 0 saturated carbocycles. The molecule has 1 N–H and O–H groups in total. The van der Waals surface area contributed by atoms with Crippen LogP contribution in [0.2, 0.25) is 0 Å². The van der Waals surface area contributed by atoms with E-state index < -0.39 is 12.0 Å². The molecule has 0 fully saturated rings. The van der Waals surface area contributed by atoms with E-state index >= 15 is 0 Å². The minimum Gasteiger partial charge on any atom is -0.497 e. The highest BCUT2D eigenvalue weighted by Gasteiger charge is 2.38. The van der Waals surface area contributed by atoms with E-state index in [0.29, 0.717) is 17.2 Å². The maximum absolute atomic E-state index is 13.7. The first-order chi connectivity index (χ1) is 15.4. The van der Waals surface area contributed by atoms with E-state index in [1.165, 1.54) is 11.8 Å². The number of nitrogens with zero attached hydrogens (tertiary/aromatic N) is 4. The molecule has 0 spiro atoms. The van der Waals surface area contributed by atoms with E-state index in [-0.39, 0.29) is 23.0 Å². The van der Waals surface area contributed by atoms with Crippen LogP contribution in [0.15, 0.2) is 59.8 Å². The number of fused-ring (bicyclic) bond motifs is 1. The number of esters is 1. The maximum Gasteiger partial charge on any atom is 0.355 e. The van der Waals surface area contributed by atoms with Gasteiger partial charge in [-0.1, -0.05) is 43.2 Å². The number of carbonyl (C=O) groups is 2. The highest BCUT2D eigenvalue weighted by Crippen LogP contribution is 2.37. The molecule has 1 aliphatic heterocycles. The zero-order chi connectivity index (χ0) is 22.8. The van der Waals surface area contributed by atoms with Crippen LogP contribution in [-0.4, -0.2) is 46.2 Å². The van der Waals surface area contributed by atoms with Gasteiger partial charge in [0.25, 0.3) is 0 Å². The van der Waals surface area contributed by atoms with Gasteiger partial charge in [-0.3, -0.25) is 4.79 Å². The number of aromatic nitrogens is 4. The van der Waals surface area contributed by atoms with E-state index in [1.54, 1.807) is 31.4 Å². The molecule has 3 aromatic rings. The lowest BCUT2D eigenvalue weighted by Gasteiger charge is -2.28. The number of hydrogen-bond acceptors (Lipinski definition) is 8. The summed E-state index contributed by atoms with van der Waals surface area (Å²) in [5.74, 6) is 0.186. The van der Waals surface area contributed by atoms with Crippen LogP contribution >= 0.6 is 0 Å².